The molecular formula is C13H14F2N2O2. The number of halogens is 2. The molecule has 1 fully saturated rings. The molecule has 0 aromatic heterocycles. The van der Waals surface area contributed by atoms with Crippen molar-refractivity contribution < 1.29 is 18.3 Å². The first-order valence-corrected chi connectivity index (χ1v) is 6.21. The van der Waals surface area contributed by atoms with E-state index in [1.165, 1.54) is 18.0 Å². The summed E-state index contributed by atoms with van der Waals surface area (Å²) in [5, 5.41) is 3.13. The molecule has 6 heteroatoms. The molecule has 3 rings (SSSR count). The predicted octanol–water partition coefficient (Wildman–Crippen LogP) is 2.13. The van der Waals surface area contributed by atoms with E-state index in [4.69, 9.17) is 4.74 Å². The summed E-state index contributed by atoms with van der Waals surface area (Å²) >= 11 is 0. The fourth-order valence-electron chi connectivity index (χ4n) is 2.82. The van der Waals surface area contributed by atoms with Gasteiger partial charge in [-0.15, -0.1) is 0 Å². The summed E-state index contributed by atoms with van der Waals surface area (Å²) in [6, 6.07) is 2.47. The van der Waals surface area contributed by atoms with Crippen LogP contribution in [0.15, 0.2) is 12.1 Å². The summed E-state index contributed by atoms with van der Waals surface area (Å²) in [7, 11) is 1.49. The first-order chi connectivity index (χ1) is 9.05. The highest BCUT2D eigenvalue weighted by molar-refractivity contribution is 5.91. The predicted molar refractivity (Wildman–Crippen MR) is 65.0 cm³/mol. The summed E-state index contributed by atoms with van der Waals surface area (Å²) in [5.74, 6) is -1.83. The first kappa shape index (κ1) is 12.3. The normalized spacial score (nSPS) is 21.2. The number of fused-ring (bicyclic) bond motifs is 2. The van der Waals surface area contributed by atoms with E-state index >= 15 is 0 Å². The van der Waals surface area contributed by atoms with Crippen LogP contribution in [0.1, 0.15) is 18.4 Å². The van der Waals surface area contributed by atoms with Crippen molar-refractivity contribution in [2.24, 2.45) is 0 Å². The number of nitrogens with zero attached hydrogens (tertiary/aromatic N) is 1. The van der Waals surface area contributed by atoms with E-state index in [0.717, 1.165) is 6.07 Å². The lowest BCUT2D eigenvalue weighted by molar-refractivity contribution is -0.0201. The molecule has 0 atom stereocenters. The summed E-state index contributed by atoms with van der Waals surface area (Å²) < 4.78 is 33.1. The molecule has 2 aliphatic rings. The van der Waals surface area contributed by atoms with Crippen LogP contribution in [-0.4, -0.2) is 26.2 Å². The zero-order valence-electron chi connectivity index (χ0n) is 10.5. The number of carbonyl (C=O) groups excluding carboxylic acids is 1. The Balaban J connectivity index is 2.22. The second kappa shape index (κ2) is 4.16. The highest BCUT2D eigenvalue weighted by atomic mass is 19.2. The highest BCUT2D eigenvalue weighted by Crippen LogP contribution is 2.45. The van der Waals surface area contributed by atoms with Crippen LogP contribution in [0.5, 0.6) is 0 Å². The second-order valence-corrected chi connectivity index (χ2v) is 4.93. The van der Waals surface area contributed by atoms with Crippen LogP contribution in [0.2, 0.25) is 0 Å². The van der Waals surface area contributed by atoms with E-state index in [0.29, 0.717) is 31.6 Å². The molecular weight excluding hydrogens is 254 g/mol. The van der Waals surface area contributed by atoms with Crippen LogP contribution in [-0.2, 0) is 10.3 Å². The van der Waals surface area contributed by atoms with Crippen LogP contribution in [0.3, 0.4) is 0 Å². The molecule has 1 aromatic rings. The van der Waals surface area contributed by atoms with Gasteiger partial charge >= 0.3 is 6.09 Å². The third-order valence-corrected chi connectivity index (χ3v) is 3.86. The number of rotatable bonds is 0. The van der Waals surface area contributed by atoms with E-state index in [2.05, 4.69) is 5.32 Å². The molecule has 0 bridgehead atoms. The smallest absolute Gasteiger partial charge is 0.414 e. The molecule has 4 nitrogen and oxygen atoms in total. The lowest BCUT2D eigenvalue weighted by Gasteiger charge is -2.43. The minimum atomic E-state index is -1.05. The van der Waals surface area contributed by atoms with Gasteiger partial charge in [-0.25, -0.2) is 13.6 Å². The van der Waals surface area contributed by atoms with Crippen LogP contribution in [0.4, 0.5) is 19.3 Å². The number of hydrogen-bond acceptors (Lipinski definition) is 3. The number of anilines is 1. The molecule has 1 aromatic carbocycles. The Morgan fingerprint density at radius 3 is 2.68 bits per heavy atom. The fraction of sp³-hybridized carbons (Fsp3) is 0.462. The Labute approximate surface area is 109 Å². The molecule has 2 heterocycles. The summed E-state index contributed by atoms with van der Waals surface area (Å²) in [4.78, 5) is 13.1. The zero-order chi connectivity index (χ0) is 13.6. The molecule has 1 saturated heterocycles. The quantitative estimate of drug-likeness (QED) is 0.783. The van der Waals surface area contributed by atoms with Gasteiger partial charge in [0.05, 0.1) is 11.3 Å². The topological polar surface area (TPSA) is 41.6 Å². The van der Waals surface area contributed by atoms with E-state index in [1.54, 1.807) is 0 Å². The minimum absolute atomic E-state index is 0.163. The number of ether oxygens (including phenoxy) is 1. The molecule has 0 unspecified atom stereocenters. The van der Waals surface area contributed by atoms with E-state index in [9.17, 15) is 13.6 Å². The molecule has 0 aliphatic carbocycles. The number of carbonyl (C=O) groups is 1. The van der Waals surface area contributed by atoms with Crippen molar-refractivity contribution in [3.05, 3.63) is 29.3 Å². The molecule has 1 spiro atoms. The van der Waals surface area contributed by atoms with Gasteiger partial charge in [0, 0.05) is 19.9 Å². The van der Waals surface area contributed by atoms with Gasteiger partial charge in [-0.05, 0) is 25.2 Å². The molecule has 1 amide bonds. The van der Waals surface area contributed by atoms with Gasteiger partial charge in [0.15, 0.2) is 11.6 Å². The van der Waals surface area contributed by atoms with Gasteiger partial charge in [0.25, 0.3) is 0 Å². The van der Waals surface area contributed by atoms with Gasteiger partial charge in [-0.3, -0.25) is 4.90 Å². The summed E-state index contributed by atoms with van der Waals surface area (Å²) in [6.07, 6.45) is 0.361. The largest absolute Gasteiger partial charge is 0.437 e. The lowest BCUT2D eigenvalue weighted by Crippen LogP contribution is -2.50. The van der Waals surface area contributed by atoms with E-state index in [1.807, 2.05) is 0 Å². The zero-order valence-corrected chi connectivity index (χ0v) is 10.5. The SMILES string of the molecule is CN1C(=O)OC2(CCNCC2)c2c1ccc(F)c2F. The number of amides is 1. The Morgan fingerprint density at radius 2 is 2.00 bits per heavy atom. The number of hydrogen-bond donors (Lipinski definition) is 1. The maximum atomic E-state index is 14.2. The molecule has 0 saturated carbocycles. The van der Waals surface area contributed by atoms with Crippen molar-refractivity contribution in [1.29, 1.82) is 0 Å². The van der Waals surface area contributed by atoms with Crippen molar-refractivity contribution in [1.82, 2.24) is 5.32 Å². The Hall–Kier alpha value is -1.69. The van der Waals surface area contributed by atoms with Gasteiger partial charge in [-0.2, -0.15) is 0 Å². The number of nitrogens with one attached hydrogen (secondary N) is 1. The van der Waals surface area contributed by atoms with Gasteiger partial charge < -0.3 is 10.1 Å². The Morgan fingerprint density at radius 1 is 1.32 bits per heavy atom. The van der Waals surface area contributed by atoms with Gasteiger partial charge in [0.2, 0.25) is 0 Å². The minimum Gasteiger partial charge on any atom is -0.437 e. The van der Waals surface area contributed by atoms with Gasteiger partial charge in [0.1, 0.15) is 5.60 Å². The average Bonchev–Trinajstić information content (AvgIpc) is 2.40. The van der Waals surface area contributed by atoms with Crippen LogP contribution < -0.4 is 10.2 Å². The molecule has 2 aliphatic heterocycles. The molecule has 1 N–H and O–H groups in total. The highest BCUT2D eigenvalue weighted by Gasteiger charge is 2.47. The Kier molecular flexibility index (Phi) is 2.70. The van der Waals surface area contributed by atoms with Crippen molar-refractivity contribution in [3.63, 3.8) is 0 Å². The lowest BCUT2D eigenvalue weighted by atomic mass is 9.82. The standard InChI is InChI=1S/C13H14F2N2O2/c1-17-9-3-2-8(14)11(15)10(9)13(19-12(17)18)4-6-16-7-5-13/h2-3,16H,4-7H2,1H3. The summed E-state index contributed by atoms with van der Waals surface area (Å²) in [6.45, 7) is 1.21. The van der Waals surface area contributed by atoms with Crippen molar-refractivity contribution in [3.8, 4) is 0 Å². The number of piperidine rings is 1. The first-order valence-electron chi connectivity index (χ1n) is 6.21. The van der Waals surface area contributed by atoms with Crippen LogP contribution in [0, 0.1) is 11.6 Å². The maximum absolute atomic E-state index is 14.2. The van der Waals surface area contributed by atoms with E-state index < -0.39 is 23.3 Å². The molecule has 19 heavy (non-hydrogen) atoms. The van der Waals surface area contributed by atoms with Crippen molar-refractivity contribution in [2.75, 3.05) is 25.0 Å². The number of benzene rings is 1. The van der Waals surface area contributed by atoms with Crippen LogP contribution in [0.25, 0.3) is 0 Å². The summed E-state index contributed by atoms with van der Waals surface area (Å²) in [5.41, 5.74) is -0.496. The average molecular weight is 268 g/mol. The van der Waals surface area contributed by atoms with Crippen molar-refractivity contribution >= 4 is 11.8 Å². The molecule has 102 valence electrons. The third kappa shape index (κ3) is 1.70. The van der Waals surface area contributed by atoms with Gasteiger partial charge in [-0.1, -0.05) is 0 Å². The third-order valence-electron chi connectivity index (χ3n) is 3.86. The Bertz CT molecular complexity index is 542. The van der Waals surface area contributed by atoms with Crippen LogP contribution >= 0.6 is 0 Å². The van der Waals surface area contributed by atoms with E-state index in [-0.39, 0.29) is 5.56 Å². The van der Waals surface area contributed by atoms with Crippen molar-refractivity contribution in [2.45, 2.75) is 18.4 Å². The maximum Gasteiger partial charge on any atom is 0.414 e. The fourth-order valence-corrected chi connectivity index (χ4v) is 2.82. The second-order valence-electron chi connectivity index (χ2n) is 4.93. The molecule has 0 radical (unpaired) electrons. The monoisotopic (exact) mass is 268 g/mol.